The maximum Gasteiger partial charge on any atom is 0.310 e. The first-order chi connectivity index (χ1) is 12.5. The maximum absolute atomic E-state index is 13.1. The minimum atomic E-state index is -10.1. The lowest BCUT2D eigenvalue weighted by molar-refractivity contribution is -0.120. The Morgan fingerprint density at radius 1 is 1.21 bits per heavy atom. The minimum absolute atomic E-state index is 0.0134. The van der Waals surface area contributed by atoms with Crippen molar-refractivity contribution in [1.29, 1.82) is 5.26 Å². The average Bonchev–Trinajstić information content (AvgIpc) is 3.24. The molecule has 1 heterocycles. The van der Waals surface area contributed by atoms with Crippen LogP contribution in [0.15, 0.2) is 17.0 Å². The third-order valence-corrected chi connectivity index (χ3v) is 6.14. The van der Waals surface area contributed by atoms with Gasteiger partial charge < -0.3 is 11.5 Å². The number of hydrogen-bond donors (Lipinski definition) is 2. The number of aromatic nitrogens is 2. The van der Waals surface area contributed by atoms with Crippen LogP contribution >= 0.6 is 33.4 Å². The first-order valence-electron chi connectivity index (χ1n) is 7.34. The van der Waals surface area contributed by atoms with Crippen LogP contribution in [0.3, 0.4) is 0 Å². The SMILES string of the molecule is N#Cn1nc(-c2c(Cl)cc(S(F)(F)(F)(F)F)cc2Cl)c(C2(C(N)=O)CC2)c1N. The standard InChI is InChI=1S/C14H10Cl2F5N5OS/c15-7-3-6(28(17,18,19,20)21)4-8(16)9(7)11-10(12(23)26(5-22)25-11)14(1-2-14)13(24)27/h3-4H,1-2,23H2,(H2,24,27). The van der Waals surface area contributed by atoms with Crippen LogP contribution in [0.1, 0.15) is 18.4 Å². The van der Waals surface area contributed by atoms with E-state index in [1.54, 1.807) is 6.19 Å². The van der Waals surface area contributed by atoms with Gasteiger partial charge in [-0.05, 0) is 25.0 Å². The molecule has 4 N–H and O–H groups in total. The van der Waals surface area contributed by atoms with Crippen LogP contribution in [0.5, 0.6) is 0 Å². The van der Waals surface area contributed by atoms with Gasteiger partial charge in [-0.25, -0.2) is 0 Å². The van der Waals surface area contributed by atoms with Gasteiger partial charge in [-0.15, -0.1) is 4.68 Å². The van der Waals surface area contributed by atoms with Gasteiger partial charge in [0.2, 0.25) is 12.1 Å². The van der Waals surface area contributed by atoms with E-state index in [2.05, 4.69) is 5.10 Å². The molecule has 0 unspecified atom stereocenters. The van der Waals surface area contributed by atoms with Crippen LogP contribution in [0, 0.1) is 11.5 Å². The van der Waals surface area contributed by atoms with Crippen molar-refractivity contribution < 1.29 is 24.2 Å². The van der Waals surface area contributed by atoms with Gasteiger partial charge in [0.05, 0.1) is 15.5 Å². The van der Waals surface area contributed by atoms with E-state index < -0.39 is 36.5 Å². The molecule has 1 fully saturated rings. The Kier molecular flexibility index (Phi) is 3.82. The van der Waals surface area contributed by atoms with E-state index in [1.165, 1.54) is 0 Å². The van der Waals surface area contributed by atoms with Crippen molar-refractivity contribution in [2.75, 3.05) is 5.73 Å². The molecule has 6 nitrogen and oxygen atoms in total. The fourth-order valence-corrected chi connectivity index (χ4v) is 4.37. The Labute approximate surface area is 164 Å². The summed E-state index contributed by atoms with van der Waals surface area (Å²) in [5.74, 6) is -1.08. The molecule has 0 spiro atoms. The summed E-state index contributed by atoms with van der Waals surface area (Å²) in [6.07, 6.45) is 2.09. The van der Waals surface area contributed by atoms with Gasteiger partial charge in [0, 0.05) is 11.1 Å². The van der Waals surface area contributed by atoms with Crippen molar-refractivity contribution >= 4 is 45.2 Å². The molecular weight excluding hydrogens is 452 g/mol. The summed E-state index contributed by atoms with van der Waals surface area (Å²) < 4.78 is 66.0. The number of nitrogens with zero attached hydrogens (tertiary/aromatic N) is 3. The fourth-order valence-electron chi connectivity index (χ4n) is 2.90. The van der Waals surface area contributed by atoms with Gasteiger partial charge in [-0.1, -0.05) is 42.6 Å². The number of rotatable bonds is 4. The van der Waals surface area contributed by atoms with Gasteiger partial charge in [0.25, 0.3) is 0 Å². The maximum atomic E-state index is 13.1. The molecule has 1 saturated carbocycles. The molecule has 0 bridgehead atoms. The number of benzene rings is 1. The Balaban J connectivity index is 2.33. The third kappa shape index (κ3) is 3.13. The summed E-state index contributed by atoms with van der Waals surface area (Å²) >= 11 is 11.7. The van der Waals surface area contributed by atoms with Crippen LogP contribution in [0.25, 0.3) is 11.3 Å². The zero-order chi connectivity index (χ0) is 21.3. The van der Waals surface area contributed by atoms with Crippen LogP contribution in [-0.4, -0.2) is 15.7 Å². The number of nitrogen functional groups attached to an aromatic ring is 1. The molecule has 1 aliphatic rings. The molecule has 1 amide bonds. The molecule has 14 heteroatoms. The molecule has 28 heavy (non-hydrogen) atoms. The zero-order valence-corrected chi connectivity index (χ0v) is 15.9. The first-order valence-corrected chi connectivity index (χ1v) is 10.0. The second-order valence-corrected chi connectivity index (χ2v) is 9.52. The van der Waals surface area contributed by atoms with Gasteiger partial charge in [0.1, 0.15) is 16.4 Å². The summed E-state index contributed by atoms with van der Waals surface area (Å²) in [7, 11) is -10.1. The highest BCUT2D eigenvalue weighted by molar-refractivity contribution is 8.45. The van der Waals surface area contributed by atoms with E-state index in [-0.39, 0.29) is 47.6 Å². The van der Waals surface area contributed by atoms with Crippen molar-refractivity contribution in [3.63, 3.8) is 0 Å². The molecule has 0 radical (unpaired) electrons. The minimum Gasteiger partial charge on any atom is -0.383 e. The van der Waals surface area contributed by atoms with E-state index in [9.17, 15) is 24.2 Å². The summed E-state index contributed by atoms with van der Waals surface area (Å²) in [6, 6.07) is 0.0268. The molecular formula is C14H10Cl2F5N5OS. The summed E-state index contributed by atoms with van der Waals surface area (Å²) in [5.41, 5.74) is 9.25. The summed E-state index contributed by atoms with van der Waals surface area (Å²) in [5, 5.41) is 11.3. The van der Waals surface area contributed by atoms with E-state index in [1.807, 2.05) is 0 Å². The van der Waals surface area contributed by atoms with E-state index in [0.717, 1.165) is 0 Å². The molecule has 2 aromatic rings. The molecule has 152 valence electrons. The third-order valence-electron chi connectivity index (χ3n) is 4.41. The molecule has 1 aromatic carbocycles. The Bertz CT molecular complexity index is 1070. The van der Waals surface area contributed by atoms with Crippen LogP contribution < -0.4 is 11.5 Å². The summed E-state index contributed by atoms with van der Waals surface area (Å²) in [4.78, 5) is 9.61. The lowest BCUT2D eigenvalue weighted by atomic mass is 9.92. The van der Waals surface area contributed by atoms with E-state index >= 15 is 0 Å². The van der Waals surface area contributed by atoms with Crippen molar-refractivity contribution in [3.8, 4) is 17.5 Å². The highest BCUT2D eigenvalue weighted by Gasteiger charge is 2.65. The number of amides is 1. The van der Waals surface area contributed by atoms with Crippen LogP contribution in [0.2, 0.25) is 10.0 Å². The quantitative estimate of drug-likeness (QED) is 0.627. The normalized spacial score (nSPS) is 18.1. The number of anilines is 1. The van der Waals surface area contributed by atoms with Crippen molar-refractivity contribution in [1.82, 2.24) is 9.78 Å². The predicted molar refractivity (Wildman–Crippen MR) is 94.6 cm³/mol. The molecule has 3 rings (SSSR count). The van der Waals surface area contributed by atoms with Crippen LogP contribution in [-0.2, 0) is 10.2 Å². The van der Waals surface area contributed by atoms with Gasteiger partial charge >= 0.3 is 10.2 Å². The monoisotopic (exact) mass is 461 g/mol. The fraction of sp³-hybridized carbons (Fsp3) is 0.214. The smallest absolute Gasteiger partial charge is 0.310 e. The van der Waals surface area contributed by atoms with Crippen molar-refractivity contribution in [2.45, 2.75) is 23.2 Å². The van der Waals surface area contributed by atoms with Crippen LogP contribution in [0.4, 0.5) is 25.2 Å². The van der Waals surface area contributed by atoms with E-state index in [4.69, 9.17) is 39.9 Å². The van der Waals surface area contributed by atoms with Crippen molar-refractivity contribution in [3.05, 3.63) is 27.7 Å². The average molecular weight is 462 g/mol. The summed E-state index contributed by atoms with van der Waals surface area (Å²) in [6.45, 7) is 0. The lowest BCUT2D eigenvalue weighted by Gasteiger charge is -2.40. The number of carbonyl (C=O) groups excluding carboxylic acids is 1. The number of carbonyl (C=O) groups is 1. The zero-order valence-electron chi connectivity index (χ0n) is 13.5. The second kappa shape index (κ2) is 5.22. The Hall–Kier alpha value is -2.23. The second-order valence-electron chi connectivity index (χ2n) is 6.30. The molecule has 1 aromatic heterocycles. The van der Waals surface area contributed by atoms with Crippen molar-refractivity contribution in [2.24, 2.45) is 5.73 Å². The first kappa shape index (κ1) is 20.5. The number of nitrogens with two attached hydrogens (primary N) is 2. The largest absolute Gasteiger partial charge is 0.383 e. The van der Waals surface area contributed by atoms with Gasteiger partial charge in [-0.2, -0.15) is 10.4 Å². The van der Waals surface area contributed by atoms with Gasteiger partial charge in [-0.3, -0.25) is 4.79 Å². The lowest BCUT2D eigenvalue weighted by Crippen LogP contribution is -2.29. The predicted octanol–water partition coefficient (Wildman–Crippen LogP) is 4.94. The highest BCUT2D eigenvalue weighted by Crippen LogP contribution is 3.02. The topological polar surface area (TPSA) is 111 Å². The Morgan fingerprint density at radius 3 is 2.07 bits per heavy atom. The highest BCUT2D eigenvalue weighted by atomic mass is 35.5. The molecule has 0 atom stereocenters. The van der Waals surface area contributed by atoms with E-state index in [0.29, 0.717) is 4.68 Å². The number of primary amides is 1. The van der Waals surface area contributed by atoms with Gasteiger partial charge in [0.15, 0.2) is 0 Å². The number of nitriles is 1. The number of hydrogen-bond acceptors (Lipinski definition) is 4. The molecule has 0 saturated heterocycles. The number of halogens is 7. The Morgan fingerprint density at radius 2 is 1.71 bits per heavy atom. The molecule has 0 aliphatic heterocycles. The molecule has 1 aliphatic carbocycles.